The second-order valence-electron chi connectivity index (χ2n) is 9.38. The van der Waals surface area contributed by atoms with Crippen molar-refractivity contribution in [2.75, 3.05) is 7.11 Å². The number of pyridine rings is 1. The average molecular weight is 474 g/mol. The third-order valence-electron chi connectivity index (χ3n) is 6.74. The first kappa shape index (κ1) is 21.9. The number of aromatic nitrogens is 1. The number of nitrogens with zero attached hydrogens (tertiary/aromatic N) is 1. The summed E-state index contributed by atoms with van der Waals surface area (Å²) in [6.07, 6.45) is 7.19. The molecule has 0 aromatic carbocycles. The van der Waals surface area contributed by atoms with Crippen LogP contribution in [0.25, 0.3) is 10.2 Å². The van der Waals surface area contributed by atoms with E-state index in [2.05, 4.69) is 6.92 Å². The molecule has 5 rings (SSSR count). The van der Waals surface area contributed by atoms with Crippen LogP contribution in [0.1, 0.15) is 85.2 Å². The van der Waals surface area contributed by atoms with E-state index in [4.69, 9.17) is 30.8 Å². The van der Waals surface area contributed by atoms with Gasteiger partial charge in [-0.05, 0) is 55.7 Å². The largest absolute Gasteiger partial charge is 0.500 e. The second kappa shape index (κ2) is 7.86. The van der Waals surface area contributed by atoms with Crippen molar-refractivity contribution in [3.05, 3.63) is 50.2 Å². The average Bonchev–Trinajstić information content (AvgIpc) is 3.23. The minimum Gasteiger partial charge on any atom is -0.500 e. The molecule has 2 aliphatic carbocycles. The number of thiophene rings is 1. The van der Waals surface area contributed by atoms with Gasteiger partial charge in [0.25, 0.3) is 0 Å². The number of carbonyl (C=O) groups excluding carboxylic acids is 1. The van der Waals surface area contributed by atoms with Crippen LogP contribution in [0.15, 0.2) is 22.9 Å². The zero-order chi connectivity index (χ0) is 22.8. The molecule has 1 saturated heterocycles. The second-order valence-corrected chi connectivity index (χ2v) is 10.9. The number of halogens is 1. The fourth-order valence-corrected chi connectivity index (χ4v) is 7.00. The Bertz CT molecular complexity index is 1180. The van der Waals surface area contributed by atoms with Crippen molar-refractivity contribution in [3.8, 4) is 0 Å². The first-order chi connectivity index (χ1) is 15.2. The number of esters is 1. The van der Waals surface area contributed by atoms with E-state index in [1.54, 1.807) is 32.3 Å². The summed E-state index contributed by atoms with van der Waals surface area (Å²) in [6.45, 7) is 7.79. The number of allylic oxidation sites excluding steroid dienone is 4. The van der Waals surface area contributed by atoms with Gasteiger partial charge in [-0.2, -0.15) is 0 Å². The molecule has 1 aliphatic heterocycles. The highest BCUT2D eigenvalue weighted by Gasteiger charge is 2.45. The molecule has 3 atom stereocenters. The highest BCUT2D eigenvalue weighted by Crippen LogP contribution is 2.51. The van der Waals surface area contributed by atoms with Crippen LogP contribution in [0.4, 0.5) is 0 Å². The van der Waals surface area contributed by atoms with E-state index < -0.39 is 11.9 Å². The van der Waals surface area contributed by atoms with Gasteiger partial charge in [0.05, 0.1) is 7.11 Å². The quantitative estimate of drug-likeness (QED) is 0.474. The number of aryl methyl sites for hydroxylation is 2. The minimum absolute atomic E-state index is 0.0744. The highest BCUT2D eigenvalue weighted by molar-refractivity contribution is 7.18. The van der Waals surface area contributed by atoms with Gasteiger partial charge in [0.15, 0.2) is 6.10 Å². The summed E-state index contributed by atoms with van der Waals surface area (Å²) in [6, 6.07) is 0. The molecule has 3 aliphatic rings. The molecule has 1 fully saturated rings. The molecule has 0 N–H and O–H groups in total. The molecule has 0 spiro atoms. The SMILES string of the molecule is COC1=CC(Cl)=CCC1c1c(C2OC(C)(C)OC2=O)c(C)nc2sc3c(c12)C(C)CCC3. The molecule has 3 heterocycles. The maximum atomic E-state index is 13.0. The summed E-state index contributed by atoms with van der Waals surface area (Å²) in [5.41, 5.74) is 4.06. The van der Waals surface area contributed by atoms with Crippen LogP contribution in [0.3, 0.4) is 0 Å². The molecule has 3 unspecified atom stereocenters. The Hall–Kier alpha value is -1.89. The monoisotopic (exact) mass is 473 g/mol. The molecule has 7 heteroatoms. The molecule has 32 heavy (non-hydrogen) atoms. The number of carbonyl (C=O) groups is 1. The maximum Gasteiger partial charge on any atom is 0.342 e. The Labute approximate surface area is 197 Å². The number of fused-ring (bicyclic) bond motifs is 3. The maximum absolute atomic E-state index is 13.0. The summed E-state index contributed by atoms with van der Waals surface area (Å²) in [5, 5.41) is 1.83. The fraction of sp³-hybridized carbons (Fsp3) is 0.520. The summed E-state index contributed by atoms with van der Waals surface area (Å²) >= 11 is 8.12. The van der Waals surface area contributed by atoms with E-state index in [1.165, 1.54) is 22.2 Å². The Balaban J connectivity index is 1.83. The molecule has 170 valence electrons. The van der Waals surface area contributed by atoms with Crippen molar-refractivity contribution in [2.45, 2.75) is 77.1 Å². The van der Waals surface area contributed by atoms with Crippen LogP contribution in [0, 0.1) is 6.92 Å². The standard InChI is InChI=1S/C25H28ClNO4S/c1-12-7-6-8-17-18(12)21-20(15-10-9-14(26)11-16(15)29-5)19(13(2)27-23(21)32-17)22-24(28)31-25(3,4)30-22/h9,11-12,15,22H,6-8,10H2,1-5H3. The predicted octanol–water partition coefficient (Wildman–Crippen LogP) is 6.54. The summed E-state index contributed by atoms with van der Waals surface area (Å²) in [5.74, 6) is -0.189. The van der Waals surface area contributed by atoms with E-state index >= 15 is 0 Å². The third kappa shape index (κ3) is 3.47. The van der Waals surface area contributed by atoms with Crippen LogP contribution in [0.2, 0.25) is 0 Å². The number of methoxy groups -OCH3 is 1. The van der Waals surface area contributed by atoms with E-state index in [0.29, 0.717) is 17.4 Å². The van der Waals surface area contributed by atoms with Gasteiger partial charge in [-0.25, -0.2) is 9.78 Å². The topological polar surface area (TPSA) is 57.7 Å². The van der Waals surface area contributed by atoms with Crippen LogP contribution in [-0.2, 0) is 25.4 Å². The lowest BCUT2D eigenvalue weighted by Crippen LogP contribution is -2.21. The van der Waals surface area contributed by atoms with Gasteiger partial charge in [-0.1, -0.05) is 24.6 Å². The van der Waals surface area contributed by atoms with Crippen molar-refractivity contribution >= 4 is 39.1 Å². The molecule has 5 nitrogen and oxygen atoms in total. The lowest BCUT2D eigenvalue weighted by atomic mass is 9.79. The number of cyclic esters (lactones) is 1. The minimum atomic E-state index is -0.975. The van der Waals surface area contributed by atoms with Gasteiger partial charge in [-0.15, -0.1) is 11.3 Å². The Morgan fingerprint density at radius 2 is 2.06 bits per heavy atom. The van der Waals surface area contributed by atoms with Crippen molar-refractivity contribution in [3.63, 3.8) is 0 Å². The number of ether oxygens (including phenoxy) is 3. The first-order valence-corrected chi connectivity index (χ1v) is 12.4. The van der Waals surface area contributed by atoms with Crippen LogP contribution < -0.4 is 0 Å². The van der Waals surface area contributed by atoms with E-state index in [0.717, 1.165) is 40.3 Å². The number of rotatable bonds is 3. The molecule has 0 saturated carbocycles. The van der Waals surface area contributed by atoms with E-state index in [-0.39, 0.29) is 11.9 Å². The van der Waals surface area contributed by atoms with Gasteiger partial charge < -0.3 is 14.2 Å². The smallest absolute Gasteiger partial charge is 0.342 e. The summed E-state index contributed by atoms with van der Waals surface area (Å²) < 4.78 is 17.5. The third-order valence-corrected chi connectivity index (χ3v) is 8.16. The molecular formula is C25H28ClNO4S. The lowest BCUT2D eigenvalue weighted by Gasteiger charge is -2.28. The van der Waals surface area contributed by atoms with Crippen molar-refractivity contribution in [1.29, 1.82) is 0 Å². The molecular weight excluding hydrogens is 446 g/mol. The van der Waals surface area contributed by atoms with Gasteiger partial charge in [0.1, 0.15) is 10.6 Å². The normalized spacial score (nSPS) is 27.1. The summed E-state index contributed by atoms with van der Waals surface area (Å²) in [7, 11) is 1.67. The molecule has 0 bridgehead atoms. The Kier molecular flexibility index (Phi) is 5.38. The number of hydrogen-bond acceptors (Lipinski definition) is 6. The first-order valence-electron chi connectivity index (χ1n) is 11.2. The van der Waals surface area contributed by atoms with Crippen LogP contribution in [-0.4, -0.2) is 23.9 Å². The van der Waals surface area contributed by atoms with Crippen molar-refractivity contribution in [1.82, 2.24) is 4.98 Å². The van der Waals surface area contributed by atoms with Crippen molar-refractivity contribution < 1.29 is 19.0 Å². The predicted molar refractivity (Wildman–Crippen MR) is 126 cm³/mol. The molecule has 2 aromatic heterocycles. The zero-order valence-corrected chi connectivity index (χ0v) is 20.7. The zero-order valence-electron chi connectivity index (χ0n) is 19.1. The van der Waals surface area contributed by atoms with Gasteiger partial charge in [-0.3, -0.25) is 0 Å². The molecule has 0 radical (unpaired) electrons. The van der Waals surface area contributed by atoms with E-state index in [1.807, 2.05) is 19.1 Å². The van der Waals surface area contributed by atoms with E-state index in [9.17, 15) is 4.79 Å². The Morgan fingerprint density at radius 1 is 1.28 bits per heavy atom. The van der Waals surface area contributed by atoms with Crippen LogP contribution >= 0.6 is 22.9 Å². The van der Waals surface area contributed by atoms with Gasteiger partial charge >= 0.3 is 5.97 Å². The lowest BCUT2D eigenvalue weighted by molar-refractivity contribution is -0.160. The highest BCUT2D eigenvalue weighted by atomic mass is 35.5. The van der Waals surface area contributed by atoms with Gasteiger partial charge in [0, 0.05) is 46.3 Å². The summed E-state index contributed by atoms with van der Waals surface area (Å²) in [4.78, 5) is 20.4. The molecule has 2 aromatic rings. The molecule has 0 amide bonds. The fourth-order valence-electron chi connectivity index (χ4n) is 5.40. The van der Waals surface area contributed by atoms with Gasteiger partial charge in [0.2, 0.25) is 5.79 Å². The Morgan fingerprint density at radius 3 is 2.75 bits per heavy atom. The number of hydrogen-bond donors (Lipinski definition) is 0. The van der Waals surface area contributed by atoms with Crippen LogP contribution in [0.5, 0.6) is 0 Å². The van der Waals surface area contributed by atoms with Crippen molar-refractivity contribution in [2.24, 2.45) is 0 Å².